The summed E-state index contributed by atoms with van der Waals surface area (Å²) in [5, 5.41) is 17.2. The molecule has 1 aromatic carbocycles. The minimum atomic E-state index is -0.302. The SMILES string of the molecule is CCOC(=O)[C@@H]1CCCC[C@@H]1NC(=O)c1nn(CCCCC#N)c2ccc(C)cc12. The van der Waals surface area contributed by atoms with E-state index in [4.69, 9.17) is 10.00 Å². The van der Waals surface area contributed by atoms with Gasteiger partial charge in [-0.05, 0) is 51.7 Å². The molecule has 1 heterocycles. The monoisotopic (exact) mass is 410 g/mol. The fourth-order valence-corrected chi connectivity index (χ4v) is 4.17. The third kappa shape index (κ3) is 4.99. The Morgan fingerprint density at radius 2 is 2.10 bits per heavy atom. The number of esters is 1. The highest BCUT2D eigenvalue weighted by Gasteiger charge is 2.34. The quantitative estimate of drug-likeness (QED) is 0.526. The highest BCUT2D eigenvalue weighted by Crippen LogP contribution is 2.27. The van der Waals surface area contributed by atoms with Gasteiger partial charge in [0.1, 0.15) is 0 Å². The number of aromatic nitrogens is 2. The summed E-state index contributed by atoms with van der Waals surface area (Å²) in [6.07, 6.45) is 5.59. The second-order valence-corrected chi connectivity index (χ2v) is 7.93. The molecule has 0 radical (unpaired) electrons. The number of nitriles is 1. The standard InChI is InChI=1S/C23H30N4O3/c1-3-30-23(29)17-9-5-6-10-19(17)25-22(28)21-18-15-16(2)11-12-20(18)27(26-21)14-8-4-7-13-24/h11-12,15,17,19H,3-10,14H2,1-2H3,(H,25,28)/t17-,19+/m1/s1. The molecule has 1 amide bonds. The van der Waals surface area contributed by atoms with Crippen LogP contribution in [0.5, 0.6) is 0 Å². The summed E-state index contributed by atoms with van der Waals surface area (Å²) in [6, 6.07) is 7.90. The van der Waals surface area contributed by atoms with Crippen molar-refractivity contribution in [1.82, 2.24) is 15.1 Å². The lowest BCUT2D eigenvalue weighted by atomic mass is 9.84. The van der Waals surface area contributed by atoms with Crippen molar-refractivity contribution in [2.45, 2.75) is 71.4 Å². The molecule has 0 unspecified atom stereocenters. The van der Waals surface area contributed by atoms with Gasteiger partial charge in [-0.25, -0.2) is 0 Å². The number of aryl methyl sites for hydroxylation is 2. The molecule has 2 aromatic rings. The molecule has 1 aliphatic carbocycles. The summed E-state index contributed by atoms with van der Waals surface area (Å²) in [5.41, 5.74) is 2.36. The molecule has 1 fully saturated rings. The molecule has 0 bridgehead atoms. The van der Waals surface area contributed by atoms with E-state index in [2.05, 4.69) is 16.5 Å². The number of unbranched alkanes of at least 4 members (excludes halogenated alkanes) is 2. The Balaban J connectivity index is 1.82. The van der Waals surface area contributed by atoms with Gasteiger partial charge in [0.25, 0.3) is 5.91 Å². The van der Waals surface area contributed by atoms with Crippen LogP contribution in [0.3, 0.4) is 0 Å². The number of nitrogens with one attached hydrogen (secondary N) is 1. The molecular formula is C23H30N4O3. The van der Waals surface area contributed by atoms with E-state index in [1.807, 2.05) is 29.8 Å². The maximum atomic E-state index is 13.2. The number of carbonyl (C=O) groups is 2. The van der Waals surface area contributed by atoms with Crippen LogP contribution in [0.15, 0.2) is 18.2 Å². The normalized spacial score (nSPS) is 18.7. The molecule has 1 aliphatic rings. The average Bonchev–Trinajstić information content (AvgIpc) is 3.09. The molecule has 0 saturated heterocycles. The topological polar surface area (TPSA) is 97.0 Å². The second kappa shape index (κ2) is 10.2. The lowest BCUT2D eigenvalue weighted by molar-refractivity contribution is -0.150. The number of hydrogen-bond donors (Lipinski definition) is 1. The van der Waals surface area contributed by atoms with Crippen LogP contribution in [0.2, 0.25) is 0 Å². The van der Waals surface area contributed by atoms with Gasteiger partial charge in [0, 0.05) is 24.4 Å². The first-order chi connectivity index (χ1) is 14.5. The second-order valence-electron chi connectivity index (χ2n) is 7.93. The number of carbonyl (C=O) groups excluding carboxylic acids is 2. The maximum Gasteiger partial charge on any atom is 0.311 e. The van der Waals surface area contributed by atoms with E-state index in [1.165, 1.54) is 0 Å². The minimum Gasteiger partial charge on any atom is -0.466 e. The highest BCUT2D eigenvalue weighted by atomic mass is 16.5. The fourth-order valence-electron chi connectivity index (χ4n) is 4.17. The molecular weight excluding hydrogens is 380 g/mol. The van der Waals surface area contributed by atoms with Crippen LogP contribution in [-0.2, 0) is 16.1 Å². The third-order valence-corrected chi connectivity index (χ3v) is 5.70. The lowest BCUT2D eigenvalue weighted by Crippen LogP contribution is -2.45. The molecule has 3 rings (SSSR count). The van der Waals surface area contributed by atoms with Gasteiger partial charge in [-0.3, -0.25) is 14.3 Å². The Bertz CT molecular complexity index is 944. The third-order valence-electron chi connectivity index (χ3n) is 5.70. The number of rotatable bonds is 8. The summed E-state index contributed by atoms with van der Waals surface area (Å²) in [5.74, 6) is -0.780. The van der Waals surface area contributed by atoms with Crippen molar-refractivity contribution < 1.29 is 14.3 Å². The number of nitrogens with zero attached hydrogens (tertiary/aromatic N) is 3. The lowest BCUT2D eigenvalue weighted by Gasteiger charge is -2.30. The first kappa shape index (κ1) is 21.8. The van der Waals surface area contributed by atoms with E-state index >= 15 is 0 Å². The van der Waals surface area contributed by atoms with E-state index in [1.54, 1.807) is 6.92 Å². The predicted molar refractivity (Wildman–Crippen MR) is 114 cm³/mol. The van der Waals surface area contributed by atoms with Crippen molar-refractivity contribution in [3.63, 3.8) is 0 Å². The molecule has 1 saturated carbocycles. The summed E-state index contributed by atoms with van der Waals surface area (Å²) in [6.45, 7) is 4.79. The Morgan fingerprint density at radius 3 is 2.87 bits per heavy atom. The number of benzene rings is 1. The molecule has 7 nitrogen and oxygen atoms in total. The minimum absolute atomic E-state index is 0.230. The van der Waals surface area contributed by atoms with E-state index < -0.39 is 0 Å². The molecule has 0 aliphatic heterocycles. The largest absolute Gasteiger partial charge is 0.466 e. The molecule has 160 valence electrons. The van der Waals surface area contributed by atoms with E-state index in [-0.39, 0.29) is 23.8 Å². The fraction of sp³-hybridized carbons (Fsp3) is 0.565. The van der Waals surface area contributed by atoms with Crippen molar-refractivity contribution in [2.75, 3.05) is 6.61 Å². The Hall–Kier alpha value is -2.88. The predicted octanol–water partition coefficient (Wildman–Crippen LogP) is 3.89. The molecule has 0 spiro atoms. The van der Waals surface area contributed by atoms with E-state index in [0.717, 1.165) is 55.0 Å². The molecule has 2 atom stereocenters. The van der Waals surface area contributed by atoms with Crippen molar-refractivity contribution >= 4 is 22.8 Å². The van der Waals surface area contributed by atoms with Crippen LogP contribution >= 0.6 is 0 Å². The van der Waals surface area contributed by atoms with Gasteiger partial charge >= 0.3 is 5.97 Å². The number of amides is 1. The highest BCUT2D eigenvalue weighted by molar-refractivity contribution is 6.05. The van der Waals surface area contributed by atoms with Gasteiger partial charge in [0.15, 0.2) is 5.69 Å². The van der Waals surface area contributed by atoms with Gasteiger partial charge in [-0.2, -0.15) is 10.4 Å². The first-order valence-electron chi connectivity index (χ1n) is 10.9. The number of fused-ring (bicyclic) bond motifs is 1. The van der Waals surface area contributed by atoms with Crippen LogP contribution in [0, 0.1) is 24.2 Å². The Kier molecular flexibility index (Phi) is 7.45. The van der Waals surface area contributed by atoms with E-state index in [9.17, 15) is 9.59 Å². The molecule has 1 aromatic heterocycles. The number of hydrogen-bond acceptors (Lipinski definition) is 5. The van der Waals surface area contributed by atoms with E-state index in [0.29, 0.717) is 25.3 Å². The van der Waals surface area contributed by atoms with Crippen LogP contribution < -0.4 is 5.32 Å². The summed E-state index contributed by atoms with van der Waals surface area (Å²) in [4.78, 5) is 25.5. The zero-order valence-corrected chi connectivity index (χ0v) is 17.8. The van der Waals surface area contributed by atoms with Crippen LogP contribution in [0.1, 0.15) is 67.9 Å². The van der Waals surface area contributed by atoms with Crippen molar-refractivity contribution in [3.05, 3.63) is 29.5 Å². The van der Waals surface area contributed by atoms with Crippen LogP contribution in [0.25, 0.3) is 10.9 Å². The summed E-state index contributed by atoms with van der Waals surface area (Å²) < 4.78 is 7.07. The van der Waals surface area contributed by atoms with Gasteiger partial charge in [0.05, 0.1) is 24.1 Å². The smallest absolute Gasteiger partial charge is 0.311 e. The maximum absolute atomic E-state index is 13.2. The van der Waals surface area contributed by atoms with Gasteiger partial charge < -0.3 is 10.1 Å². The zero-order chi connectivity index (χ0) is 21.5. The Labute approximate surface area is 177 Å². The molecule has 1 N–H and O–H groups in total. The van der Waals surface area contributed by atoms with Gasteiger partial charge in [-0.1, -0.05) is 24.5 Å². The molecule has 30 heavy (non-hydrogen) atoms. The van der Waals surface area contributed by atoms with Crippen molar-refractivity contribution in [2.24, 2.45) is 5.92 Å². The van der Waals surface area contributed by atoms with Gasteiger partial charge in [0.2, 0.25) is 0 Å². The van der Waals surface area contributed by atoms with Crippen molar-refractivity contribution in [1.29, 1.82) is 5.26 Å². The van der Waals surface area contributed by atoms with Crippen molar-refractivity contribution in [3.8, 4) is 6.07 Å². The average molecular weight is 411 g/mol. The van der Waals surface area contributed by atoms with Crippen LogP contribution in [0.4, 0.5) is 0 Å². The Morgan fingerprint density at radius 1 is 1.30 bits per heavy atom. The first-order valence-corrected chi connectivity index (χ1v) is 10.9. The molecule has 7 heteroatoms. The van der Waals surface area contributed by atoms with Crippen LogP contribution in [-0.4, -0.2) is 34.3 Å². The van der Waals surface area contributed by atoms with Gasteiger partial charge in [-0.15, -0.1) is 0 Å². The number of ether oxygens (including phenoxy) is 1. The summed E-state index contributed by atoms with van der Waals surface area (Å²) in [7, 11) is 0. The summed E-state index contributed by atoms with van der Waals surface area (Å²) >= 11 is 0. The zero-order valence-electron chi connectivity index (χ0n) is 17.8.